The molecule has 0 fully saturated rings. The van der Waals surface area contributed by atoms with Crippen LogP contribution in [-0.4, -0.2) is 56.5 Å². The third-order valence-corrected chi connectivity index (χ3v) is 7.25. The van der Waals surface area contributed by atoms with Crippen LogP contribution < -0.4 is 16.2 Å². The number of amides is 2. The van der Waals surface area contributed by atoms with Crippen LogP contribution in [0.1, 0.15) is 52.2 Å². The van der Waals surface area contributed by atoms with Gasteiger partial charge in [0.25, 0.3) is 17.4 Å². The molecule has 2 atom stereocenters. The third kappa shape index (κ3) is 5.91. The van der Waals surface area contributed by atoms with Gasteiger partial charge < -0.3 is 20.6 Å². The number of carbonyl (C=O) groups excluding carboxylic acids is 2. The molecule has 10 nitrogen and oxygen atoms in total. The number of anilines is 1. The van der Waals surface area contributed by atoms with E-state index in [0.717, 1.165) is 0 Å². The van der Waals surface area contributed by atoms with E-state index in [9.17, 15) is 24.3 Å². The summed E-state index contributed by atoms with van der Waals surface area (Å²) in [6.45, 7) is 3.59. The molecule has 0 saturated heterocycles. The first-order valence-corrected chi connectivity index (χ1v) is 13.0. The van der Waals surface area contributed by atoms with Crippen molar-refractivity contribution in [3.05, 3.63) is 85.2 Å². The number of hydrogen-bond donors (Lipinski definition) is 3. The van der Waals surface area contributed by atoms with Gasteiger partial charge in [-0.2, -0.15) is 0 Å². The normalized spacial score (nSPS) is 15.3. The van der Waals surface area contributed by atoms with Gasteiger partial charge in [0.05, 0.1) is 34.4 Å². The summed E-state index contributed by atoms with van der Waals surface area (Å²) in [5.74, 6) is -1.43. The predicted molar refractivity (Wildman–Crippen MR) is 148 cm³/mol. The van der Waals surface area contributed by atoms with E-state index in [1.807, 2.05) is 6.92 Å². The van der Waals surface area contributed by atoms with Gasteiger partial charge in [0, 0.05) is 35.8 Å². The lowest BCUT2D eigenvalue weighted by atomic mass is 9.98. The van der Waals surface area contributed by atoms with Crippen molar-refractivity contribution < 1.29 is 19.5 Å². The van der Waals surface area contributed by atoms with Crippen molar-refractivity contribution in [2.24, 2.45) is 0 Å². The van der Waals surface area contributed by atoms with Crippen molar-refractivity contribution in [2.75, 3.05) is 12.4 Å². The van der Waals surface area contributed by atoms with Gasteiger partial charge in [0.1, 0.15) is 0 Å². The Hall–Kier alpha value is -3.89. The van der Waals surface area contributed by atoms with Gasteiger partial charge in [-0.25, -0.2) is 9.55 Å². The molecule has 3 aromatic rings. The van der Waals surface area contributed by atoms with Crippen molar-refractivity contribution in [3.8, 4) is 5.69 Å². The van der Waals surface area contributed by atoms with Crippen LogP contribution in [0, 0.1) is 0 Å². The lowest BCUT2D eigenvalue weighted by Crippen LogP contribution is -2.46. The highest BCUT2D eigenvalue weighted by Crippen LogP contribution is 2.27. The van der Waals surface area contributed by atoms with E-state index in [2.05, 4.69) is 10.6 Å². The van der Waals surface area contributed by atoms with Crippen molar-refractivity contribution in [1.29, 1.82) is 0 Å². The molecule has 0 saturated carbocycles. The summed E-state index contributed by atoms with van der Waals surface area (Å²) in [7, 11) is 1.52. The monoisotopic (exact) mass is 571 g/mol. The van der Waals surface area contributed by atoms with Crippen molar-refractivity contribution in [3.63, 3.8) is 0 Å². The summed E-state index contributed by atoms with van der Waals surface area (Å²) in [6, 6.07) is 10.2. The Labute approximate surface area is 234 Å². The minimum absolute atomic E-state index is 0.0727. The maximum Gasteiger partial charge on any atom is 0.305 e. The molecule has 0 aliphatic carbocycles. The summed E-state index contributed by atoms with van der Waals surface area (Å²) in [6.07, 6.45) is 0.0526. The number of carboxylic acids is 1. The van der Waals surface area contributed by atoms with Gasteiger partial charge >= 0.3 is 5.97 Å². The first-order chi connectivity index (χ1) is 18.5. The fourth-order valence-electron chi connectivity index (χ4n) is 4.50. The minimum Gasteiger partial charge on any atom is -0.481 e. The first-order valence-electron chi connectivity index (χ1n) is 12.2. The van der Waals surface area contributed by atoms with Gasteiger partial charge in [-0.3, -0.25) is 19.2 Å². The molecule has 0 radical (unpaired) electrons. The van der Waals surface area contributed by atoms with Crippen LogP contribution in [0.25, 0.3) is 5.69 Å². The van der Waals surface area contributed by atoms with E-state index in [1.54, 1.807) is 48.2 Å². The number of halogens is 2. The highest BCUT2D eigenvalue weighted by molar-refractivity contribution is 6.42. The Morgan fingerprint density at radius 2 is 1.77 bits per heavy atom. The first kappa shape index (κ1) is 28.1. The molecular weight excluding hydrogens is 545 g/mol. The van der Waals surface area contributed by atoms with E-state index in [4.69, 9.17) is 28.2 Å². The van der Waals surface area contributed by atoms with Crippen molar-refractivity contribution in [1.82, 2.24) is 19.8 Å². The average Bonchev–Trinajstić information content (AvgIpc) is 2.89. The zero-order chi connectivity index (χ0) is 28.4. The van der Waals surface area contributed by atoms with Crippen LogP contribution in [0.3, 0.4) is 0 Å². The fraction of sp³-hybridized carbons (Fsp3) is 0.296. The number of rotatable bonds is 7. The SMILES string of the molecule is CNC(=O)c1ccc(-n2c(N[C@H](C)CC(=O)O)nc3c(c2=O)C[C@@H](C)N(C(=O)c2ccc(Cl)c(Cl)c2)C3)cc1. The molecule has 3 N–H and O–H groups in total. The molecule has 0 spiro atoms. The molecule has 12 heteroatoms. The zero-order valence-electron chi connectivity index (χ0n) is 21.5. The number of fused-ring (bicyclic) bond motifs is 1. The number of aliphatic carboxylic acids is 1. The Morgan fingerprint density at radius 1 is 1.10 bits per heavy atom. The van der Waals surface area contributed by atoms with E-state index in [-0.39, 0.29) is 53.8 Å². The van der Waals surface area contributed by atoms with Gasteiger partial charge in [-0.1, -0.05) is 23.2 Å². The summed E-state index contributed by atoms with van der Waals surface area (Å²) in [4.78, 5) is 56.8. The highest BCUT2D eigenvalue weighted by Gasteiger charge is 2.32. The second-order valence-corrected chi connectivity index (χ2v) is 10.2. The lowest BCUT2D eigenvalue weighted by Gasteiger charge is -2.35. The standard InChI is InChI=1S/C27H27Cl2N5O5/c1-14(10-23(35)36)31-27-32-22-13-33(25(38)17-6-9-20(28)21(29)12-17)15(2)11-19(22)26(39)34(27)18-7-4-16(5-8-18)24(37)30-3/h4-9,12,14-15H,10-11,13H2,1-3H3,(H,30,37)(H,31,32)(H,35,36)/t14-,15-/m1/s1. The number of benzene rings is 2. The Morgan fingerprint density at radius 3 is 2.38 bits per heavy atom. The van der Waals surface area contributed by atoms with Crippen LogP contribution in [-0.2, 0) is 17.8 Å². The summed E-state index contributed by atoms with van der Waals surface area (Å²) >= 11 is 12.1. The van der Waals surface area contributed by atoms with Gasteiger partial charge in [0.15, 0.2) is 0 Å². The van der Waals surface area contributed by atoms with E-state index in [0.29, 0.717) is 33.1 Å². The largest absolute Gasteiger partial charge is 0.481 e. The average molecular weight is 572 g/mol. The Balaban J connectivity index is 1.77. The number of nitrogens with one attached hydrogen (secondary N) is 2. The molecule has 2 aromatic carbocycles. The number of carboxylic acid groups (broad SMARTS) is 1. The molecule has 1 aromatic heterocycles. The van der Waals surface area contributed by atoms with Crippen LogP contribution in [0.5, 0.6) is 0 Å². The quantitative estimate of drug-likeness (QED) is 0.393. The Kier molecular flexibility index (Phi) is 8.27. The zero-order valence-corrected chi connectivity index (χ0v) is 23.0. The van der Waals surface area contributed by atoms with Crippen LogP contribution in [0.15, 0.2) is 47.3 Å². The molecule has 0 bridgehead atoms. The summed E-state index contributed by atoms with van der Waals surface area (Å²) < 4.78 is 1.37. The predicted octanol–water partition coefficient (Wildman–Crippen LogP) is 3.76. The molecule has 1 aliphatic rings. The molecule has 39 heavy (non-hydrogen) atoms. The molecular formula is C27H27Cl2N5O5. The number of carbonyl (C=O) groups is 3. The van der Waals surface area contributed by atoms with Gasteiger partial charge in [-0.15, -0.1) is 0 Å². The molecule has 1 aliphatic heterocycles. The van der Waals surface area contributed by atoms with Crippen LogP contribution >= 0.6 is 23.2 Å². The lowest BCUT2D eigenvalue weighted by molar-refractivity contribution is -0.137. The second-order valence-electron chi connectivity index (χ2n) is 9.39. The molecule has 4 rings (SSSR count). The van der Waals surface area contributed by atoms with Crippen molar-refractivity contribution >= 4 is 46.9 Å². The van der Waals surface area contributed by atoms with Gasteiger partial charge in [0.2, 0.25) is 5.95 Å². The van der Waals surface area contributed by atoms with E-state index < -0.39 is 12.0 Å². The van der Waals surface area contributed by atoms with Crippen LogP contribution in [0.4, 0.5) is 5.95 Å². The minimum atomic E-state index is -1.01. The smallest absolute Gasteiger partial charge is 0.305 e. The van der Waals surface area contributed by atoms with Crippen LogP contribution in [0.2, 0.25) is 10.0 Å². The molecule has 2 heterocycles. The number of aromatic nitrogens is 2. The topological polar surface area (TPSA) is 134 Å². The summed E-state index contributed by atoms with van der Waals surface area (Å²) in [5, 5.41) is 15.4. The molecule has 204 valence electrons. The summed E-state index contributed by atoms with van der Waals surface area (Å²) in [5.41, 5.74) is 1.75. The van der Waals surface area contributed by atoms with Crippen molar-refractivity contribution in [2.45, 2.75) is 45.3 Å². The van der Waals surface area contributed by atoms with Gasteiger partial charge in [-0.05, 0) is 62.7 Å². The highest BCUT2D eigenvalue weighted by atomic mass is 35.5. The third-order valence-electron chi connectivity index (χ3n) is 6.51. The maximum absolute atomic E-state index is 13.8. The molecule has 0 unspecified atom stereocenters. The molecule has 2 amide bonds. The Bertz CT molecular complexity index is 1510. The number of nitrogens with zero attached hydrogens (tertiary/aromatic N) is 3. The van der Waals surface area contributed by atoms with E-state index >= 15 is 0 Å². The maximum atomic E-state index is 13.8. The number of hydrogen-bond acceptors (Lipinski definition) is 6. The second kappa shape index (κ2) is 11.5. The van der Waals surface area contributed by atoms with E-state index in [1.165, 1.54) is 17.7 Å². The fourth-order valence-corrected chi connectivity index (χ4v) is 4.80.